The van der Waals surface area contributed by atoms with Gasteiger partial charge in [-0.15, -0.1) is 0 Å². The summed E-state index contributed by atoms with van der Waals surface area (Å²) in [6.45, 7) is 24.0. The van der Waals surface area contributed by atoms with Gasteiger partial charge in [0, 0.05) is 0 Å². The molecule has 18 heavy (non-hydrogen) atoms. The predicted octanol–water partition coefficient (Wildman–Crippen LogP) is 6.22. The maximum Gasteiger partial charge on any atom is -0.00567 e. The molecule has 0 aromatic heterocycles. The van der Waals surface area contributed by atoms with E-state index in [1.165, 1.54) is 12.8 Å². The first-order valence-electron chi connectivity index (χ1n) is 7.46. The third-order valence-electron chi connectivity index (χ3n) is 5.04. The smallest absolute Gasteiger partial charge is 0.00567 e. The van der Waals surface area contributed by atoms with E-state index >= 15 is 0 Å². The van der Waals surface area contributed by atoms with E-state index in [9.17, 15) is 0 Å². The lowest BCUT2D eigenvalue weighted by Gasteiger charge is -2.47. The molecule has 0 bridgehead atoms. The number of allylic oxidation sites excluding steroid dienone is 2. The molecule has 1 atom stereocenters. The second-order valence-corrected chi connectivity index (χ2v) is 9.44. The van der Waals surface area contributed by atoms with Gasteiger partial charge in [-0.25, -0.2) is 0 Å². The lowest BCUT2D eigenvalue weighted by atomic mass is 9.58. The standard InChI is InChI=1S/C18H34/c1-15(2,3)13-11-12-18(10,17(7,8)9)14(13)16(4,5)6/h11-12H2,1-10H3. The number of hydrogen-bond donors (Lipinski definition) is 0. The first-order valence-corrected chi connectivity index (χ1v) is 7.46. The maximum absolute atomic E-state index is 2.49. The van der Waals surface area contributed by atoms with Crippen LogP contribution in [0.2, 0.25) is 0 Å². The second-order valence-electron chi connectivity index (χ2n) is 9.44. The lowest BCUT2D eigenvalue weighted by molar-refractivity contribution is 0.128. The summed E-state index contributed by atoms with van der Waals surface area (Å²) in [5.74, 6) is 0. The normalized spacial score (nSPS) is 27.0. The van der Waals surface area contributed by atoms with Gasteiger partial charge < -0.3 is 0 Å². The van der Waals surface area contributed by atoms with Crippen molar-refractivity contribution in [3.63, 3.8) is 0 Å². The molecule has 0 saturated carbocycles. The molecule has 0 fully saturated rings. The quantitative estimate of drug-likeness (QED) is 0.448. The molecule has 0 spiro atoms. The van der Waals surface area contributed by atoms with Gasteiger partial charge in [-0.05, 0) is 34.5 Å². The molecule has 1 aliphatic carbocycles. The Balaban J connectivity index is 3.50. The minimum absolute atomic E-state index is 0.279. The molecule has 106 valence electrons. The van der Waals surface area contributed by atoms with E-state index in [0.717, 1.165) is 0 Å². The molecule has 0 N–H and O–H groups in total. The van der Waals surface area contributed by atoms with Gasteiger partial charge in [-0.2, -0.15) is 0 Å². The third kappa shape index (κ3) is 2.53. The summed E-state index contributed by atoms with van der Waals surface area (Å²) in [5.41, 5.74) is 4.71. The zero-order chi connectivity index (χ0) is 14.6. The van der Waals surface area contributed by atoms with Crippen LogP contribution in [0.5, 0.6) is 0 Å². The molecule has 1 unspecified atom stereocenters. The largest absolute Gasteiger partial charge is 0.0645 e. The van der Waals surface area contributed by atoms with E-state index < -0.39 is 0 Å². The van der Waals surface area contributed by atoms with Crippen molar-refractivity contribution in [3.05, 3.63) is 11.1 Å². The van der Waals surface area contributed by atoms with Crippen LogP contribution in [0.3, 0.4) is 0 Å². The van der Waals surface area contributed by atoms with Crippen molar-refractivity contribution in [2.75, 3.05) is 0 Å². The van der Waals surface area contributed by atoms with Gasteiger partial charge in [0.2, 0.25) is 0 Å². The van der Waals surface area contributed by atoms with Crippen LogP contribution < -0.4 is 0 Å². The first kappa shape index (κ1) is 15.8. The van der Waals surface area contributed by atoms with E-state index in [1.807, 2.05) is 0 Å². The van der Waals surface area contributed by atoms with Crippen molar-refractivity contribution >= 4 is 0 Å². The molecule has 0 aliphatic heterocycles. The highest BCUT2D eigenvalue weighted by Gasteiger charge is 2.50. The molecule has 1 rings (SSSR count). The topological polar surface area (TPSA) is 0 Å². The summed E-state index contributed by atoms with van der Waals surface area (Å²) in [4.78, 5) is 0. The fourth-order valence-electron chi connectivity index (χ4n) is 3.74. The van der Waals surface area contributed by atoms with Gasteiger partial charge in [0.05, 0.1) is 0 Å². The van der Waals surface area contributed by atoms with Crippen LogP contribution in [0.15, 0.2) is 11.1 Å². The highest BCUT2D eigenvalue weighted by atomic mass is 14.5. The molecule has 0 aromatic rings. The van der Waals surface area contributed by atoms with Crippen molar-refractivity contribution in [1.29, 1.82) is 0 Å². The highest BCUT2D eigenvalue weighted by Crippen LogP contribution is 2.61. The minimum Gasteiger partial charge on any atom is -0.0645 e. The Morgan fingerprint density at radius 3 is 1.50 bits per heavy atom. The lowest BCUT2D eigenvalue weighted by Crippen LogP contribution is -2.37. The van der Waals surface area contributed by atoms with Gasteiger partial charge in [-0.1, -0.05) is 80.4 Å². The Morgan fingerprint density at radius 2 is 1.22 bits per heavy atom. The third-order valence-corrected chi connectivity index (χ3v) is 5.04. The molecule has 0 aromatic carbocycles. The SMILES string of the molecule is CC(C)(C)C1=C(C(C)(C)C)C(C)(C(C)(C)C)CC1. The Kier molecular flexibility index (Phi) is 3.61. The molecule has 0 nitrogen and oxygen atoms in total. The summed E-state index contributed by atoms with van der Waals surface area (Å²) in [7, 11) is 0. The minimum atomic E-state index is 0.279. The molecule has 0 radical (unpaired) electrons. The van der Waals surface area contributed by atoms with Crippen LogP contribution >= 0.6 is 0 Å². The summed E-state index contributed by atoms with van der Waals surface area (Å²) in [6.07, 6.45) is 2.60. The molecular weight excluding hydrogens is 216 g/mol. The molecule has 0 heterocycles. The number of hydrogen-bond acceptors (Lipinski definition) is 0. The van der Waals surface area contributed by atoms with E-state index in [-0.39, 0.29) is 5.41 Å². The van der Waals surface area contributed by atoms with Crippen LogP contribution in [0.25, 0.3) is 0 Å². The summed E-state index contributed by atoms with van der Waals surface area (Å²) in [6, 6.07) is 0. The highest BCUT2D eigenvalue weighted by molar-refractivity contribution is 5.36. The summed E-state index contributed by atoms with van der Waals surface area (Å²) < 4.78 is 0. The van der Waals surface area contributed by atoms with Crippen molar-refractivity contribution in [2.45, 2.75) is 82.1 Å². The maximum atomic E-state index is 2.49. The average molecular weight is 250 g/mol. The monoisotopic (exact) mass is 250 g/mol. The number of rotatable bonds is 0. The Bertz CT molecular complexity index is 349. The molecule has 1 aliphatic rings. The average Bonchev–Trinajstić information content (AvgIpc) is 2.40. The van der Waals surface area contributed by atoms with Gasteiger partial charge in [0.1, 0.15) is 0 Å². The van der Waals surface area contributed by atoms with E-state index in [4.69, 9.17) is 0 Å². The zero-order valence-electron chi connectivity index (χ0n) is 14.4. The first-order chi connectivity index (χ1) is 7.71. The molecular formula is C18H34. The van der Waals surface area contributed by atoms with Gasteiger partial charge >= 0.3 is 0 Å². The molecule has 0 amide bonds. The Morgan fingerprint density at radius 1 is 0.778 bits per heavy atom. The molecule has 0 heteroatoms. The zero-order valence-corrected chi connectivity index (χ0v) is 14.4. The second kappa shape index (κ2) is 4.12. The summed E-state index contributed by atoms with van der Waals surface area (Å²) >= 11 is 0. The van der Waals surface area contributed by atoms with E-state index in [2.05, 4.69) is 69.2 Å². The van der Waals surface area contributed by atoms with Crippen LogP contribution in [0.1, 0.15) is 82.1 Å². The van der Waals surface area contributed by atoms with E-state index in [0.29, 0.717) is 16.2 Å². The van der Waals surface area contributed by atoms with Gasteiger partial charge in [0.15, 0.2) is 0 Å². The van der Waals surface area contributed by atoms with Crippen molar-refractivity contribution in [3.8, 4) is 0 Å². The van der Waals surface area contributed by atoms with E-state index in [1.54, 1.807) is 11.1 Å². The fraction of sp³-hybridized carbons (Fsp3) is 0.889. The van der Waals surface area contributed by atoms with Gasteiger partial charge in [0.25, 0.3) is 0 Å². The molecule has 0 saturated heterocycles. The van der Waals surface area contributed by atoms with Crippen LogP contribution in [0.4, 0.5) is 0 Å². The van der Waals surface area contributed by atoms with Crippen LogP contribution in [-0.4, -0.2) is 0 Å². The summed E-state index contributed by atoms with van der Waals surface area (Å²) in [5, 5.41) is 0. The van der Waals surface area contributed by atoms with Crippen molar-refractivity contribution in [1.82, 2.24) is 0 Å². The van der Waals surface area contributed by atoms with Crippen LogP contribution in [0, 0.1) is 21.7 Å². The fourth-order valence-corrected chi connectivity index (χ4v) is 3.74. The van der Waals surface area contributed by atoms with Gasteiger partial charge in [-0.3, -0.25) is 0 Å². The Labute approximate surface area is 115 Å². The Hall–Kier alpha value is -0.260. The van der Waals surface area contributed by atoms with Crippen LogP contribution in [-0.2, 0) is 0 Å². The van der Waals surface area contributed by atoms with Crippen molar-refractivity contribution < 1.29 is 0 Å². The van der Waals surface area contributed by atoms with Crippen molar-refractivity contribution in [2.24, 2.45) is 21.7 Å². The predicted molar refractivity (Wildman–Crippen MR) is 82.7 cm³/mol.